The summed E-state index contributed by atoms with van der Waals surface area (Å²) >= 11 is 0. The molecule has 2 N–H and O–H groups in total. The number of anilines is 1. The van der Waals surface area contributed by atoms with Gasteiger partial charge < -0.3 is 15.1 Å². The van der Waals surface area contributed by atoms with Gasteiger partial charge in [-0.25, -0.2) is 9.48 Å². The van der Waals surface area contributed by atoms with Crippen molar-refractivity contribution in [2.75, 3.05) is 26.0 Å². The number of nitrogens with one attached hydrogen (secondary N) is 2. The first kappa shape index (κ1) is 20.5. The van der Waals surface area contributed by atoms with Crippen molar-refractivity contribution in [1.29, 1.82) is 0 Å². The number of hydrogen-bond donors (Lipinski definition) is 2. The van der Waals surface area contributed by atoms with Crippen LogP contribution in [0.4, 0.5) is 23.7 Å². The van der Waals surface area contributed by atoms with Crippen LogP contribution in [0.5, 0.6) is 0 Å². The summed E-state index contributed by atoms with van der Waals surface area (Å²) in [7, 11) is 3.62. The fraction of sp³-hybridized carbons (Fsp3) is 0.263. The molecule has 0 bridgehead atoms. The summed E-state index contributed by atoms with van der Waals surface area (Å²) in [6, 6.07) is 7.67. The normalized spacial score (nSPS) is 12.8. The molecule has 0 radical (unpaired) electrons. The molecule has 29 heavy (non-hydrogen) atoms. The van der Waals surface area contributed by atoms with Crippen LogP contribution in [0.3, 0.4) is 0 Å². The number of likely N-dealkylation sites (N-methyl/N-ethyl adjacent to an activating group) is 1. The minimum atomic E-state index is -4.65. The highest BCUT2D eigenvalue weighted by molar-refractivity contribution is 5.90. The molecule has 7 nitrogen and oxygen atoms in total. The van der Waals surface area contributed by atoms with Crippen molar-refractivity contribution in [3.8, 4) is 5.69 Å². The summed E-state index contributed by atoms with van der Waals surface area (Å²) in [5.74, 6) is 0.634. The summed E-state index contributed by atoms with van der Waals surface area (Å²) in [4.78, 5) is 14.1. The molecular formula is C19H20F3N5O2. The highest BCUT2D eigenvalue weighted by Crippen LogP contribution is 2.36. The number of rotatable bonds is 6. The molecule has 0 aliphatic heterocycles. The van der Waals surface area contributed by atoms with Crippen molar-refractivity contribution < 1.29 is 22.4 Å². The molecule has 0 saturated carbocycles. The fourth-order valence-electron chi connectivity index (χ4n) is 2.81. The monoisotopic (exact) mass is 407 g/mol. The minimum Gasteiger partial charge on any atom is -0.468 e. The zero-order valence-electron chi connectivity index (χ0n) is 15.8. The van der Waals surface area contributed by atoms with Gasteiger partial charge >= 0.3 is 12.2 Å². The first-order valence-corrected chi connectivity index (χ1v) is 8.71. The third-order valence-electron chi connectivity index (χ3n) is 4.28. The van der Waals surface area contributed by atoms with E-state index in [9.17, 15) is 18.0 Å². The van der Waals surface area contributed by atoms with E-state index in [-0.39, 0.29) is 24.0 Å². The standard InChI is InChI=1S/C19H20F3N5O2/c1-26(2)16(17-5-3-10-29-17)12-23-18(28)25-15-7-6-13(27-9-4-8-24-27)11-14(15)19(20,21)22/h3-11,16H,12H2,1-2H3,(H2,23,25,28)/t16-/m1/s1. The van der Waals surface area contributed by atoms with Crippen LogP contribution < -0.4 is 10.6 Å². The molecule has 10 heteroatoms. The number of furan rings is 1. The molecule has 1 aromatic carbocycles. The summed E-state index contributed by atoms with van der Waals surface area (Å²) in [5.41, 5.74) is -1.07. The van der Waals surface area contributed by atoms with Gasteiger partial charge in [-0.3, -0.25) is 4.90 Å². The van der Waals surface area contributed by atoms with Gasteiger partial charge in [0, 0.05) is 18.9 Å². The van der Waals surface area contributed by atoms with Crippen molar-refractivity contribution in [3.63, 3.8) is 0 Å². The molecule has 0 saturated heterocycles. The largest absolute Gasteiger partial charge is 0.468 e. The van der Waals surface area contributed by atoms with Crippen LogP contribution in [0.2, 0.25) is 0 Å². The summed E-state index contributed by atoms with van der Waals surface area (Å²) < 4.78 is 47.2. The molecule has 0 aliphatic carbocycles. The molecule has 2 amide bonds. The minimum absolute atomic E-state index is 0.152. The number of halogens is 3. The van der Waals surface area contributed by atoms with Crippen LogP contribution in [-0.4, -0.2) is 41.4 Å². The maximum Gasteiger partial charge on any atom is 0.418 e. The molecule has 154 valence electrons. The van der Waals surface area contributed by atoms with Crippen LogP contribution in [-0.2, 0) is 6.18 Å². The highest BCUT2D eigenvalue weighted by atomic mass is 19.4. The third-order valence-corrected chi connectivity index (χ3v) is 4.28. The molecule has 2 aromatic heterocycles. The number of nitrogens with zero attached hydrogens (tertiary/aromatic N) is 3. The molecule has 0 aliphatic rings. The maximum atomic E-state index is 13.5. The Balaban J connectivity index is 1.74. The molecule has 0 spiro atoms. The van der Waals surface area contributed by atoms with Crippen molar-refractivity contribution in [2.24, 2.45) is 0 Å². The molecule has 3 rings (SSSR count). The Morgan fingerprint density at radius 1 is 1.28 bits per heavy atom. The first-order chi connectivity index (χ1) is 13.8. The number of aromatic nitrogens is 2. The molecule has 0 unspecified atom stereocenters. The smallest absolute Gasteiger partial charge is 0.418 e. The van der Waals surface area contributed by atoms with Crippen molar-refractivity contribution >= 4 is 11.7 Å². The number of alkyl halides is 3. The highest BCUT2D eigenvalue weighted by Gasteiger charge is 2.34. The van der Waals surface area contributed by atoms with Crippen LogP contribution in [0, 0.1) is 0 Å². The van der Waals surface area contributed by atoms with Crippen LogP contribution in [0.1, 0.15) is 17.4 Å². The average Bonchev–Trinajstić information content (AvgIpc) is 3.35. The molecule has 1 atom stereocenters. The Kier molecular flexibility index (Phi) is 5.92. The zero-order chi connectivity index (χ0) is 21.0. The number of amides is 2. The number of hydrogen-bond acceptors (Lipinski definition) is 4. The van der Waals surface area contributed by atoms with E-state index in [1.807, 2.05) is 19.0 Å². The van der Waals surface area contributed by atoms with E-state index in [4.69, 9.17) is 4.42 Å². The average molecular weight is 407 g/mol. The van der Waals surface area contributed by atoms with Gasteiger partial charge in [-0.2, -0.15) is 18.3 Å². The maximum absolute atomic E-state index is 13.5. The fourth-order valence-corrected chi connectivity index (χ4v) is 2.81. The Labute approximate surface area is 165 Å². The van der Waals surface area contributed by atoms with Gasteiger partial charge in [0.1, 0.15) is 5.76 Å². The summed E-state index contributed by atoms with van der Waals surface area (Å²) in [6.07, 6.45) is -0.132. The summed E-state index contributed by atoms with van der Waals surface area (Å²) in [6.45, 7) is 0.152. The predicted molar refractivity (Wildman–Crippen MR) is 101 cm³/mol. The van der Waals surface area contributed by atoms with E-state index < -0.39 is 17.8 Å². The van der Waals surface area contributed by atoms with Gasteiger partial charge in [-0.1, -0.05) is 0 Å². The van der Waals surface area contributed by atoms with Gasteiger partial charge in [0.2, 0.25) is 0 Å². The second-order valence-corrected chi connectivity index (χ2v) is 6.51. The molecule has 0 fully saturated rings. The van der Waals surface area contributed by atoms with Crippen LogP contribution >= 0.6 is 0 Å². The van der Waals surface area contributed by atoms with Crippen molar-refractivity contribution in [3.05, 3.63) is 66.4 Å². The van der Waals surface area contributed by atoms with Gasteiger partial charge in [-0.05, 0) is 50.5 Å². The number of carbonyl (C=O) groups excluding carboxylic acids is 1. The topological polar surface area (TPSA) is 75.3 Å². The van der Waals surface area contributed by atoms with Gasteiger partial charge in [0.05, 0.1) is 29.2 Å². The van der Waals surface area contributed by atoms with E-state index in [2.05, 4.69) is 15.7 Å². The van der Waals surface area contributed by atoms with Crippen molar-refractivity contribution in [2.45, 2.75) is 12.2 Å². The van der Waals surface area contributed by atoms with E-state index in [1.165, 1.54) is 35.5 Å². The SMILES string of the molecule is CN(C)[C@H](CNC(=O)Nc1ccc(-n2cccn2)cc1C(F)(F)F)c1ccco1. The van der Waals surface area contributed by atoms with E-state index >= 15 is 0 Å². The molecule has 2 heterocycles. The number of urea groups is 1. The predicted octanol–water partition coefficient (Wildman–Crippen LogP) is 3.91. The lowest BCUT2D eigenvalue weighted by atomic mass is 10.1. The summed E-state index contributed by atoms with van der Waals surface area (Å²) in [5, 5.41) is 8.79. The quantitative estimate of drug-likeness (QED) is 0.650. The van der Waals surface area contributed by atoms with Gasteiger partial charge in [0.15, 0.2) is 0 Å². The van der Waals surface area contributed by atoms with E-state index in [1.54, 1.807) is 18.2 Å². The molecule has 3 aromatic rings. The lowest BCUT2D eigenvalue weighted by Crippen LogP contribution is -2.37. The van der Waals surface area contributed by atoms with E-state index in [0.29, 0.717) is 5.76 Å². The Bertz CT molecular complexity index is 937. The lowest BCUT2D eigenvalue weighted by Gasteiger charge is -2.23. The number of carbonyl (C=O) groups is 1. The number of benzene rings is 1. The van der Waals surface area contributed by atoms with Crippen molar-refractivity contribution in [1.82, 2.24) is 20.0 Å². The zero-order valence-corrected chi connectivity index (χ0v) is 15.8. The Morgan fingerprint density at radius 3 is 2.66 bits per heavy atom. The van der Waals surface area contributed by atoms with Gasteiger partial charge in [-0.15, -0.1) is 0 Å². The third kappa shape index (κ3) is 4.96. The Hall–Kier alpha value is -3.27. The van der Waals surface area contributed by atoms with Gasteiger partial charge in [0.25, 0.3) is 0 Å². The first-order valence-electron chi connectivity index (χ1n) is 8.71. The second kappa shape index (κ2) is 8.39. The Morgan fingerprint density at radius 2 is 2.07 bits per heavy atom. The molecular weight excluding hydrogens is 387 g/mol. The second-order valence-electron chi connectivity index (χ2n) is 6.51. The van der Waals surface area contributed by atoms with Crippen LogP contribution in [0.15, 0.2) is 59.5 Å². The van der Waals surface area contributed by atoms with E-state index in [0.717, 1.165) is 6.07 Å². The van der Waals surface area contributed by atoms with Crippen LogP contribution in [0.25, 0.3) is 5.69 Å². The lowest BCUT2D eigenvalue weighted by molar-refractivity contribution is -0.136.